The van der Waals surface area contributed by atoms with Gasteiger partial charge in [-0.1, -0.05) is 37.3 Å². The van der Waals surface area contributed by atoms with E-state index in [1.807, 2.05) is 49.4 Å². The van der Waals surface area contributed by atoms with Crippen LogP contribution < -0.4 is 10.1 Å². The van der Waals surface area contributed by atoms with Crippen LogP contribution in [0.15, 0.2) is 54.6 Å². The number of rotatable bonds is 8. The number of carbonyl (C=O) groups is 1. The van der Waals surface area contributed by atoms with Crippen molar-refractivity contribution in [3.8, 4) is 5.75 Å². The maximum atomic E-state index is 12.0. The summed E-state index contributed by atoms with van der Waals surface area (Å²) in [7, 11) is 0. The molecule has 1 unspecified atom stereocenters. The second-order valence-electron chi connectivity index (χ2n) is 5.75. The third-order valence-electron chi connectivity index (χ3n) is 3.76. The molecule has 23 heavy (non-hydrogen) atoms. The number of benzene rings is 2. The molecule has 2 aromatic carbocycles. The van der Waals surface area contributed by atoms with E-state index in [0.29, 0.717) is 6.42 Å². The topological polar surface area (TPSA) is 38.3 Å². The number of ether oxygens (including phenoxy) is 1. The zero-order valence-corrected chi connectivity index (χ0v) is 13.9. The Hall–Kier alpha value is -2.29. The lowest BCUT2D eigenvalue weighted by atomic mass is 10.1. The standard InChI is InChI=1S/C20H25NO2/c1-3-16(2)23-19-14-12-18(13-15-19)21-20(22)11-7-10-17-8-5-4-6-9-17/h4-6,8-9,12-16H,3,7,10-11H2,1-2H3,(H,21,22). The van der Waals surface area contributed by atoms with Gasteiger partial charge in [0.25, 0.3) is 0 Å². The molecule has 1 amide bonds. The Kier molecular flexibility index (Phi) is 6.67. The molecule has 1 N–H and O–H groups in total. The van der Waals surface area contributed by atoms with Crippen molar-refractivity contribution in [1.82, 2.24) is 0 Å². The fourth-order valence-electron chi connectivity index (χ4n) is 2.25. The van der Waals surface area contributed by atoms with Crippen molar-refractivity contribution in [3.05, 3.63) is 60.2 Å². The molecule has 3 heteroatoms. The van der Waals surface area contributed by atoms with Gasteiger partial charge in [0.15, 0.2) is 0 Å². The van der Waals surface area contributed by atoms with Gasteiger partial charge in [0, 0.05) is 12.1 Å². The summed E-state index contributed by atoms with van der Waals surface area (Å²) in [6.07, 6.45) is 3.48. The molecule has 0 saturated carbocycles. The lowest BCUT2D eigenvalue weighted by Crippen LogP contribution is -2.12. The summed E-state index contributed by atoms with van der Waals surface area (Å²) in [5, 5.41) is 2.93. The number of carbonyl (C=O) groups excluding carboxylic acids is 1. The summed E-state index contributed by atoms with van der Waals surface area (Å²) in [5.74, 6) is 0.887. The smallest absolute Gasteiger partial charge is 0.224 e. The third-order valence-corrected chi connectivity index (χ3v) is 3.76. The Morgan fingerprint density at radius 1 is 1.09 bits per heavy atom. The monoisotopic (exact) mass is 311 g/mol. The number of amides is 1. The van der Waals surface area contributed by atoms with Crippen LogP contribution in [0.1, 0.15) is 38.7 Å². The molecule has 0 aromatic heterocycles. The largest absolute Gasteiger partial charge is 0.491 e. The first-order chi connectivity index (χ1) is 11.2. The summed E-state index contributed by atoms with van der Waals surface area (Å²) in [6.45, 7) is 4.14. The van der Waals surface area contributed by atoms with Crippen LogP contribution in [0.5, 0.6) is 5.75 Å². The summed E-state index contributed by atoms with van der Waals surface area (Å²) >= 11 is 0. The fraction of sp³-hybridized carbons (Fsp3) is 0.350. The Labute approximate surface area is 138 Å². The third kappa shape index (κ3) is 6.15. The van der Waals surface area contributed by atoms with Crippen LogP contribution in [0.25, 0.3) is 0 Å². The Bertz CT molecular complexity index is 593. The normalized spacial score (nSPS) is 11.7. The van der Waals surface area contributed by atoms with Crippen molar-refractivity contribution in [2.45, 2.75) is 45.6 Å². The van der Waals surface area contributed by atoms with Gasteiger partial charge in [-0.2, -0.15) is 0 Å². The Balaban J connectivity index is 1.74. The van der Waals surface area contributed by atoms with Gasteiger partial charge >= 0.3 is 0 Å². The van der Waals surface area contributed by atoms with Gasteiger partial charge in [-0.25, -0.2) is 0 Å². The molecular weight excluding hydrogens is 286 g/mol. The van der Waals surface area contributed by atoms with Crippen molar-refractivity contribution in [2.24, 2.45) is 0 Å². The highest BCUT2D eigenvalue weighted by Gasteiger charge is 2.04. The number of hydrogen-bond donors (Lipinski definition) is 1. The molecular formula is C20H25NO2. The minimum Gasteiger partial charge on any atom is -0.491 e. The minimum absolute atomic E-state index is 0.0523. The summed E-state index contributed by atoms with van der Waals surface area (Å²) in [6, 6.07) is 17.8. The Morgan fingerprint density at radius 2 is 1.78 bits per heavy atom. The van der Waals surface area contributed by atoms with Crippen molar-refractivity contribution >= 4 is 11.6 Å². The van der Waals surface area contributed by atoms with Gasteiger partial charge in [0.05, 0.1) is 6.10 Å². The SMILES string of the molecule is CCC(C)Oc1ccc(NC(=O)CCCc2ccccc2)cc1. The highest BCUT2D eigenvalue weighted by atomic mass is 16.5. The van der Waals surface area contributed by atoms with E-state index < -0.39 is 0 Å². The van der Waals surface area contributed by atoms with Gasteiger partial charge in [-0.05, 0) is 56.0 Å². The molecule has 1 atom stereocenters. The van der Waals surface area contributed by atoms with Gasteiger partial charge in [-0.15, -0.1) is 0 Å². The molecule has 3 nitrogen and oxygen atoms in total. The first-order valence-corrected chi connectivity index (χ1v) is 8.28. The van der Waals surface area contributed by atoms with Gasteiger partial charge in [0.1, 0.15) is 5.75 Å². The molecule has 0 radical (unpaired) electrons. The van der Waals surface area contributed by atoms with Gasteiger partial charge in [0.2, 0.25) is 5.91 Å². The van der Waals surface area contributed by atoms with Crippen molar-refractivity contribution in [3.63, 3.8) is 0 Å². The molecule has 0 fully saturated rings. The average Bonchev–Trinajstić information content (AvgIpc) is 2.57. The van der Waals surface area contributed by atoms with Gasteiger partial charge < -0.3 is 10.1 Å². The zero-order valence-electron chi connectivity index (χ0n) is 13.9. The minimum atomic E-state index is 0.0523. The van der Waals surface area contributed by atoms with E-state index >= 15 is 0 Å². The van der Waals surface area contributed by atoms with E-state index in [-0.39, 0.29) is 12.0 Å². The molecule has 2 aromatic rings. The summed E-state index contributed by atoms with van der Waals surface area (Å²) in [4.78, 5) is 12.0. The molecule has 0 saturated heterocycles. The lowest BCUT2D eigenvalue weighted by Gasteiger charge is -2.13. The first-order valence-electron chi connectivity index (χ1n) is 8.28. The lowest BCUT2D eigenvalue weighted by molar-refractivity contribution is -0.116. The van der Waals surface area contributed by atoms with Crippen molar-refractivity contribution < 1.29 is 9.53 Å². The highest BCUT2D eigenvalue weighted by Crippen LogP contribution is 2.18. The van der Waals surface area contributed by atoms with Crippen LogP contribution in [0.2, 0.25) is 0 Å². The second kappa shape index (κ2) is 8.99. The summed E-state index contributed by atoms with van der Waals surface area (Å²) < 4.78 is 5.72. The predicted octanol–water partition coefficient (Wildman–Crippen LogP) is 4.83. The molecule has 0 aliphatic rings. The van der Waals surface area contributed by atoms with E-state index in [4.69, 9.17) is 4.74 Å². The second-order valence-corrected chi connectivity index (χ2v) is 5.75. The van der Waals surface area contributed by atoms with Crippen LogP contribution in [0, 0.1) is 0 Å². The van der Waals surface area contributed by atoms with Crippen LogP contribution >= 0.6 is 0 Å². The number of hydrogen-bond acceptors (Lipinski definition) is 2. The van der Waals surface area contributed by atoms with Crippen LogP contribution in [-0.2, 0) is 11.2 Å². The summed E-state index contributed by atoms with van der Waals surface area (Å²) in [5.41, 5.74) is 2.08. The van der Waals surface area contributed by atoms with E-state index in [9.17, 15) is 4.79 Å². The molecule has 0 aliphatic carbocycles. The molecule has 2 rings (SSSR count). The average molecular weight is 311 g/mol. The maximum absolute atomic E-state index is 12.0. The van der Waals surface area contributed by atoms with E-state index in [1.165, 1.54) is 5.56 Å². The molecule has 0 aliphatic heterocycles. The number of nitrogens with one attached hydrogen (secondary N) is 1. The van der Waals surface area contributed by atoms with Gasteiger partial charge in [-0.3, -0.25) is 4.79 Å². The fourth-order valence-corrected chi connectivity index (χ4v) is 2.25. The molecule has 122 valence electrons. The van der Waals surface area contributed by atoms with Crippen molar-refractivity contribution in [2.75, 3.05) is 5.32 Å². The maximum Gasteiger partial charge on any atom is 0.224 e. The number of anilines is 1. The highest BCUT2D eigenvalue weighted by molar-refractivity contribution is 5.90. The van der Waals surface area contributed by atoms with Crippen molar-refractivity contribution in [1.29, 1.82) is 0 Å². The van der Waals surface area contributed by atoms with E-state index in [2.05, 4.69) is 24.4 Å². The molecule has 0 bridgehead atoms. The van der Waals surface area contributed by atoms with E-state index in [0.717, 1.165) is 30.7 Å². The molecule has 0 heterocycles. The predicted molar refractivity (Wildman–Crippen MR) is 94.8 cm³/mol. The van der Waals surface area contributed by atoms with E-state index in [1.54, 1.807) is 0 Å². The van der Waals surface area contributed by atoms with Crippen LogP contribution in [-0.4, -0.2) is 12.0 Å². The molecule has 0 spiro atoms. The first kappa shape index (κ1) is 17.1. The Morgan fingerprint density at radius 3 is 2.43 bits per heavy atom. The zero-order chi connectivity index (χ0) is 16.5. The number of aryl methyl sites for hydroxylation is 1. The van der Waals surface area contributed by atoms with Crippen LogP contribution in [0.3, 0.4) is 0 Å². The quantitative estimate of drug-likeness (QED) is 0.758. The van der Waals surface area contributed by atoms with Crippen LogP contribution in [0.4, 0.5) is 5.69 Å².